The maximum atomic E-state index is 9.65. The van der Waals surface area contributed by atoms with Crippen molar-refractivity contribution in [3.63, 3.8) is 0 Å². The summed E-state index contributed by atoms with van der Waals surface area (Å²) in [4.78, 5) is 0. The summed E-state index contributed by atoms with van der Waals surface area (Å²) in [5.41, 5.74) is 1.74. The predicted octanol–water partition coefficient (Wildman–Crippen LogP) is 6.38. The van der Waals surface area contributed by atoms with Gasteiger partial charge < -0.3 is 10.2 Å². The molecule has 0 spiro atoms. The van der Waals surface area contributed by atoms with Gasteiger partial charge in [-0.3, -0.25) is 0 Å². The lowest BCUT2D eigenvalue weighted by Gasteiger charge is -2.60. The second-order valence-corrected chi connectivity index (χ2v) is 10.1. The molecule has 4 fully saturated rings. The third kappa shape index (κ3) is 2.20. The summed E-state index contributed by atoms with van der Waals surface area (Å²) in [5, 5.41) is 19.3. The molecule has 2 nitrogen and oxygen atoms in total. The number of allylic oxidation sites excluding steroid dienone is 1. The summed E-state index contributed by atoms with van der Waals surface area (Å²) in [6.45, 7) is 7.04. The van der Waals surface area contributed by atoms with Crippen LogP contribution >= 0.6 is 0 Å². The number of aliphatic hydroxyl groups is 2. The molecule has 0 saturated heterocycles. The topological polar surface area (TPSA) is 40.5 Å². The van der Waals surface area contributed by atoms with Gasteiger partial charge in [0.1, 0.15) is 0 Å². The van der Waals surface area contributed by atoms with Gasteiger partial charge in [-0.05, 0) is 98.7 Å². The Hall–Kier alpha value is -0.660. The van der Waals surface area contributed by atoms with Crippen molar-refractivity contribution >= 4 is 0 Å². The minimum Gasteiger partial charge on any atom is -0.481 e. The van der Waals surface area contributed by atoms with Gasteiger partial charge in [-0.25, -0.2) is 0 Å². The second-order valence-electron chi connectivity index (χ2n) is 10.1. The lowest BCUT2D eigenvalue weighted by atomic mass is 9.44. The summed E-state index contributed by atoms with van der Waals surface area (Å²) in [5.74, 6) is 3.58. The van der Waals surface area contributed by atoms with Crippen LogP contribution in [0.2, 0.25) is 0 Å². The highest BCUT2D eigenvalue weighted by atomic mass is 16.5. The quantitative estimate of drug-likeness (QED) is 0.547. The van der Waals surface area contributed by atoms with Gasteiger partial charge in [0.25, 0.3) is 5.95 Å². The molecule has 0 heterocycles. The Morgan fingerprint density at radius 1 is 0.792 bits per heavy atom. The molecule has 4 aliphatic rings. The van der Waals surface area contributed by atoms with Gasteiger partial charge in [-0.1, -0.05) is 26.7 Å². The van der Waals surface area contributed by atoms with Crippen LogP contribution in [0.4, 0.5) is 0 Å². The molecule has 0 aromatic rings. The van der Waals surface area contributed by atoms with Gasteiger partial charge >= 0.3 is 0 Å². The first-order valence-electron chi connectivity index (χ1n) is 10.5. The number of fused-ring (bicyclic) bond motifs is 5. The third-order valence-corrected chi connectivity index (χ3v) is 9.46. The lowest BCUT2D eigenvalue weighted by molar-refractivity contribution is -0.108. The summed E-state index contributed by atoms with van der Waals surface area (Å²) in [6, 6.07) is 0. The fraction of sp³-hybridized carbons (Fsp3) is 0.909. The van der Waals surface area contributed by atoms with Gasteiger partial charge in [0.15, 0.2) is 0 Å². The second kappa shape index (κ2) is 5.68. The molecule has 0 aromatic carbocycles. The molecule has 4 aliphatic carbocycles. The van der Waals surface area contributed by atoms with E-state index in [2.05, 4.69) is 13.8 Å². The van der Waals surface area contributed by atoms with Crippen molar-refractivity contribution in [1.82, 2.24) is 0 Å². The smallest absolute Gasteiger partial charge is 0.273 e. The number of rotatable bonds is 1. The molecule has 4 rings (SSSR count). The molecule has 1 unspecified atom stereocenters. The summed E-state index contributed by atoms with van der Waals surface area (Å²) >= 11 is 0. The zero-order valence-electron chi connectivity index (χ0n) is 15.9. The van der Waals surface area contributed by atoms with Crippen molar-refractivity contribution in [3.8, 4) is 0 Å². The highest BCUT2D eigenvalue weighted by molar-refractivity contribution is 5.17. The minimum atomic E-state index is -0.410. The zero-order chi connectivity index (χ0) is 17.1. The molecular weight excluding hydrogens is 296 g/mol. The van der Waals surface area contributed by atoms with E-state index < -0.39 is 5.95 Å². The van der Waals surface area contributed by atoms with Crippen LogP contribution in [0, 0.1) is 40.4 Å². The molecule has 24 heavy (non-hydrogen) atoms. The average Bonchev–Trinajstić information content (AvgIpc) is 2.90. The van der Waals surface area contributed by atoms with Gasteiger partial charge in [-0.15, -0.1) is 0 Å². The van der Waals surface area contributed by atoms with Gasteiger partial charge in [0.05, 0.1) is 0 Å². The fourth-order valence-electron chi connectivity index (χ4n) is 8.16. The van der Waals surface area contributed by atoms with Crippen molar-refractivity contribution in [2.24, 2.45) is 40.4 Å². The molecule has 0 radical (unpaired) electrons. The van der Waals surface area contributed by atoms with E-state index >= 15 is 0 Å². The normalized spacial score (nSPS) is 50.5. The number of hydrogen-bond donors (Lipinski definition) is 2. The minimum absolute atomic E-state index is 0.291. The van der Waals surface area contributed by atoms with Gasteiger partial charge in [-0.2, -0.15) is 0 Å². The molecule has 4 saturated carbocycles. The van der Waals surface area contributed by atoms with Crippen LogP contribution in [0.25, 0.3) is 0 Å². The van der Waals surface area contributed by atoms with Gasteiger partial charge in [0.2, 0.25) is 0 Å². The zero-order valence-corrected chi connectivity index (χ0v) is 15.9. The van der Waals surface area contributed by atoms with E-state index in [9.17, 15) is 10.2 Å². The molecule has 0 aliphatic heterocycles. The molecule has 136 valence electrons. The van der Waals surface area contributed by atoms with E-state index in [1.807, 2.05) is 6.92 Å². The molecule has 0 aromatic heterocycles. The van der Waals surface area contributed by atoms with Crippen LogP contribution in [0.1, 0.15) is 85.0 Å². The van der Waals surface area contributed by atoms with Crippen molar-refractivity contribution in [1.29, 1.82) is 0 Å². The molecular formula is C22H36O2. The number of hydrogen-bond acceptors (Lipinski definition) is 2. The van der Waals surface area contributed by atoms with E-state index in [1.165, 1.54) is 57.8 Å². The summed E-state index contributed by atoms with van der Waals surface area (Å²) in [7, 11) is 0. The van der Waals surface area contributed by atoms with Gasteiger partial charge in [0, 0.05) is 5.57 Å². The Morgan fingerprint density at radius 3 is 2.29 bits per heavy atom. The first-order valence-corrected chi connectivity index (χ1v) is 10.5. The monoisotopic (exact) mass is 332 g/mol. The van der Waals surface area contributed by atoms with Crippen molar-refractivity contribution in [2.45, 2.75) is 85.0 Å². The Balaban J connectivity index is 1.63. The van der Waals surface area contributed by atoms with Crippen LogP contribution in [-0.2, 0) is 0 Å². The lowest BCUT2D eigenvalue weighted by Crippen LogP contribution is -2.52. The summed E-state index contributed by atoms with van der Waals surface area (Å²) < 4.78 is 0. The van der Waals surface area contributed by atoms with Crippen LogP contribution in [-0.4, -0.2) is 10.2 Å². The van der Waals surface area contributed by atoms with Crippen LogP contribution in [0.5, 0.6) is 0 Å². The third-order valence-electron chi connectivity index (χ3n) is 9.46. The molecule has 2 heteroatoms. The first kappa shape index (κ1) is 16.8. The fourth-order valence-corrected chi connectivity index (χ4v) is 8.16. The maximum Gasteiger partial charge on any atom is 0.273 e. The van der Waals surface area contributed by atoms with Crippen molar-refractivity contribution in [2.75, 3.05) is 0 Å². The van der Waals surface area contributed by atoms with Crippen molar-refractivity contribution < 1.29 is 10.2 Å². The van der Waals surface area contributed by atoms with Crippen LogP contribution in [0.3, 0.4) is 0 Å². The summed E-state index contributed by atoms with van der Waals surface area (Å²) in [6.07, 6.45) is 13.8. The Labute approximate surface area is 147 Å². The molecule has 7 atom stereocenters. The highest BCUT2D eigenvalue weighted by Gasteiger charge is 2.59. The first-order chi connectivity index (χ1) is 11.4. The molecule has 2 N–H and O–H groups in total. The largest absolute Gasteiger partial charge is 0.481 e. The standard InChI is InChI=1S/C22H36O2/c1-14(20(23)24)17-9-10-18-16-8-7-15-6-4-5-12-21(15,2)19(16)11-13-22(17,18)3/h15-19,23-24H,4-13H2,1-3H3/t15?,16-,17+,18-,19-,21-,22+/m0/s1. The Kier molecular flexibility index (Phi) is 3.97. The van der Waals surface area contributed by atoms with Crippen LogP contribution in [0.15, 0.2) is 11.5 Å². The Bertz CT molecular complexity index is 534. The van der Waals surface area contributed by atoms with Crippen LogP contribution < -0.4 is 0 Å². The van der Waals surface area contributed by atoms with E-state index in [0.717, 1.165) is 35.7 Å². The maximum absolute atomic E-state index is 9.65. The Morgan fingerprint density at radius 2 is 1.54 bits per heavy atom. The van der Waals surface area contributed by atoms with E-state index in [-0.39, 0.29) is 0 Å². The SMILES string of the molecule is CC(=C(O)O)[C@H]1CC[C@H]2[C@@H]3CCC4CCCC[C@]4(C)[C@H]3CC[C@]12C. The predicted molar refractivity (Wildman–Crippen MR) is 97.8 cm³/mol. The molecule has 0 amide bonds. The van der Waals surface area contributed by atoms with E-state index in [4.69, 9.17) is 0 Å². The highest BCUT2D eigenvalue weighted by Crippen LogP contribution is 2.68. The van der Waals surface area contributed by atoms with E-state index in [0.29, 0.717) is 16.7 Å². The average molecular weight is 333 g/mol. The molecule has 0 bridgehead atoms. The van der Waals surface area contributed by atoms with Crippen molar-refractivity contribution in [3.05, 3.63) is 11.5 Å². The van der Waals surface area contributed by atoms with E-state index in [1.54, 1.807) is 0 Å². The number of aliphatic hydroxyl groups excluding tert-OH is 1.